The van der Waals surface area contributed by atoms with Gasteiger partial charge in [0.1, 0.15) is 0 Å². The Kier molecular flexibility index (Phi) is 7.09. The number of carbonyl (C=O) groups excluding carboxylic acids is 1. The van der Waals surface area contributed by atoms with Crippen LogP contribution in [0.25, 0.3) is 0 Å². The van der Waals surface area contributed by atoms with E-state index in [9.17, 15) is 4.79 Å². The van der Waals surface area contributed by atoms with E-state index >= 15 is 0 Å². The standard InChI is InChI=1S/C28H24O2/c1-23-16-18-26(19-17-23)13-9-10-21-28(30-24(2)29,27-14-7-4-8-15-27)22-20-25-11-5-3-6-12-25/h3-8,11-12,14-19H,10,21H2,1-2H3. The molecule has 0 heterocycles. The van der Waals surface area contributed by atoms with E-state index in [0.29, 0.717) is 12.8 Å². The minimum absolute atomic E-state index is 0.368. The van der Waals surface area contributed by atoms with Gasteiger partial charge in [-0.05, 0) is 37.1 Å². The fourth-order valence-corrected chi connectivity index (χ4v) is 3.10. The predicted octanol–water partition coefficient (Wildman–Crippen LogP) is 5.64. The van der Waals surface area contributed by atoms with Crippen LogP contribution in [0.15, 0.2) is 84.9 Å². The molecule has 2 nitrogen and oxygen atoms in total. The lowest BCUT2D eigenvalue weighted by Gasteiger charge is -2.28. The fourth-order valence-electron chi connectivity index (χ4n) is 3.10. The second kappa shape index (κ2) is 10.1. The molecule has 0 aliphatic carbocycles. The van der Waals surface area contributed by atoms with Crippen molar-refractivity contribution < 1.29 is 9.53 Å². The summed E-state index contributed by atoms with van der Waals surface area (Å²) in [7, 11) is 0. The highest BCUT2D eigenvalue weighted by molar-refractivity contribution is 5.67. The molecule has 0 fully saturated rings. The summed E-state index contributed by atoms with van der Waals surface area (Å²) in [5, 5.41) is 0. The minimum Gasteiger partial charge on any atom is -0.442 e. The van der Waals surface area contributed by atoms with Gasteiger partial charge in [0, 0.05) is 36.5 Å². The van der Waals surface area contributed by atoms with Crippen molar-refractivity contribution in [3.05, 3.63) is 107 Å². The third-order valence-electron chi connectivity index (χ3n) is 4.63. The van der Waals surface area contributed by atoms with Gasteiger partial charge in [0.2, 0.25) is 0 Å². The normalized spacial score (nSPS) is 11.8. The SMILES string of the molecule is CC(=O)OC(C#Cc1ccccc1)(CCC#Cc1ccc(C)cc1)c1ccccc1. The van der Waals surface area contributed by atoms with Crippen molar-refractivity contribution >= 4 is 5.97 Å². The van der Waals surface area contributed by atoms with E-state index in [1.807, 2.05) is 84.9 Å². The van der Waals surface area contributed by atoms with Gasteiger partial charge in [0.25, 0.3) is 0 Å². The predicted molar refractivity (Wildman–Crippen MR) is 120 cm³/mol. The summed E-state index contributed by atoms with van der Waals surface area (Å²) in [5.74, 6) is 12.4. The zero-order chi connectivity index (χ0) is 21.2. The monoisotopic (exact) mass is 392 g/mol. The van der Waals surface area contributed by atoms with Crippen LogP contribution < -0.4 is 0 Å². The van der Waals surface area contributed by atoms with Gasteiger partial charge < -0.3 is 4.74 Å². The third-order valence-corrected chi connectivity index (χ3v) is 4.63. The third kappa shape index (κ3) is 5.87. The van der Waals surface area contributed by atoms with E-state index in [1.54, 1.807) is 0 Å². The average molecular weight is 392 g/mol. The number of benzene rings is 3. The lowest BCUT2D eigenvalue weighted by Crippen LogP contribution is -2.30. The summed E-state index contributed by atoms with van der Waals surface area (Å²) >= 11 is 0. The van der Waals surface area contributed by atoms with E-state index in [-0.39, 0.29) is 5.97 Å². The molecule has 0 radical (unpaired) electrons. The maximum absolute atomic E-state index is 12.0. The van der Waals surface area contributed by atoms with E-state index in [4.69, 9.17) is 4.74 Å². The highest BCUT2D eigenvalue weighted by atomic mass is 16.6. The topological polar surface area (TPSA) is 26.3 Å². The van der Waals surface area contributed by atoms with Crippen molar-refractivity contribution in [3.63, 3.8) is 0 Å². The van der Waals surface area contributed by atoms with Crippen LogP contribution >= 0.6 is 0 Å². The van der Waals surface area contributed by atoms with Gasteiger partial charge in [0.15, 0.2) is 5.60 Å². The highest BCUT2D eigenvalue weighted by Crippen LogP contribution is 2.31. The molecule has 1 unspecified atom stereocenters. The van der Waals surface area contributed by atoms with E-state index in [2.05, 4.69) is 30.6 Å². The number of esters is 1. The molecule has 0 saturated carbocycles. The maximum atomic E-state index is 12.0. The first-order chi connectivity index (χ1) is 14.6. The second-order valence-corrected chi connectivity index (χ2v) is 7.07. The molecule has 3 rings (SSSR count). The van der Waals surface area contributed by atoms with E-state index in [0.717, 1.165) is 16.7 Å². The Bertz CT molecular complexity index is 1090. The van der Waals surface area contributed by atoms with Crippen LogP contribution in [0.4, 0.5) is 0 Å². The number of aryl methyl sites for hydroxylation is 1. The number of hydrogen-bond donors (Lipinski definition) is 0. The molecule has 0 N–H and O–H groups in total. The minimum atomic E-state index is -1.05. The van der Waals surface area contributed by atoms with Gasteiger partial charge in [-0.15, -0.1) is 0 Å². The summed E-state index contributed by atoms with van der Waals surface area (Å²) in [6, 6.07) is 27.5. The summed E-state index contributed by atoms with van der Waals surface area (Å²) in [6.07, 6.45) is 1.02. The number of carbonyl (C=O) groups is 1. The smallest absolute Gasteiger partial charge is 0.304 e. The van der Waals surface area contributed by atoms with Crippen LogP contribution in [0.5, 0.6) is 0 Å². The second-order valence-electron chi connectivity index (χ2n) is 7.07. The van der Waals surface area contributed by atoms with Gasteiger partial charge >= 0.3 is 5.97 Å². The molecule has 3 aromatic rings. The molecule has 0 aliphatic heterocycles. The van der Waals surface area contributed by atoms with Crippen molar-refractivity contribution in [1.82, 2.24) is 0 Å². The maximum Gasteiger partial charge on any atom is 0.304 e. The summed E-state index contributed by atoms with van der Waals surface area (Å²) in [6.45, 7) is 3.47. The van der Waals surface area contributed by atoms with Crippen molar-refractivity contribution in [1.29, 1.82) is 0 Å². The average Bonchev–Trinajstić information content (AvgIpc) is 2.77. The number of hydrogen-bond acceptors (Lipinski definition) is 2. The largest absolute Gasteiger partial charge is 0.442 e. The first-order valence-electron chi connectivity index (χ1n) is 9.96. The van der Waals surface area contributed by atoms with Crippen LogP contribution in [0, 0.1) is 30.6 Å². The Hall–Kier alpha value is -3.75. The van der Waals surface area contributed by atoms with Crippen LogP contribution in [0.1, 0.15) is 42.0 Å². The molecule has 3 aromatic carbocycles. The summed E-state index contributed by atoms with van der Waals surface area (Å²) < 4.78 is 5.83. The molecular formula is C28H24O2. The van der Waals surface area contributed by atoms with Crippen molar-refractivity contribution in [2.24, 2.45) is 0 Å². The Morgan fingerprint density at radius 3 is 2.07 bits per heavy atom. The molecule has 30 heavy (non-hydrogen) atoms. The number of rotatable bonds is 4. The fraction of sp³-hybridized carbons (Fsp3) is 0.179. The van der Waals surface area contributed by atoms with Gasteiger partial charge in [-0.3, -0.25) is 4.79 Å². The molecule has 148 valence electrons. The van der Waals surface area contributed by atoms with Crippen LogP contribution in [0.2, 0.25) is 0 Å². The first-order valence-corrected chi connectivity index (χ1v) is 9.96. The Morgan fingerprint density at radius 2 is 1.43 bits per heavy atom. The molecule has 0 saturated heterocycles. The zero-order valence-corrected chi connectivity index (χ0v) is 17.3. The Balaban J connectivity index is 1.92. The lowest BCUT2D eigenvalue weighted by molar-refractivity contribution is -0.152. The summed E-state index contributed by atoms with van der Waals surface area (Å²) in [5.41, 5.74) is 2.84. The van der Waals surface area contributed by atoms with Crippen molar-refractivity contribution in [2.45, 2.75) is 32.3 Å². The molecule has 0 amide bonds. The van der Waals surface area contributed by atoms with E-state index < -0.39 is 5.60 Å². The first kappa shape index (κ1) is 21.0. The van der Waals surface area contributed by atoms with Gasteiger partial charge in [-0.1, -0.05) is 84.0 Å². The molecular weight excluding hydrogens is 368 g/mol. The van der Waals surface area contributed by atoms with Gasteiger partial charge in [0.05, 0.1) is 0 Å². The Morgan fingerprint density at radius 1 is 0.833 bits per heavy atom. The lowest BCUT2D eigenvalue weighted by atomic mass is 9.88. The van der Waals surface area contributed by atoms with Crippen molar-refractivity contribution in [3.8, 4) is 23.7 Å². The molecule has 0 spiro atoms. The number of ether oxygens (including phenoxy) is 1. The quantitative estimate of drug-likeness (QED) is 0.424. The zero-order valence-electron chi connectivity index (χ0n) is 17.3. The van der Waals surface area contributed by atoms with Gasteiger partial charge in [-0.25, -0.2) is 0 Å². The van der Waals surface area contributed by atoms with Crippen LogP contribution in [0.3, 0.4) is 0 Å². The molecule has 0 aromatic heterocycles. The van der Waals surface area contributed by atoms with Gasteiger partial charge in [-0.2, -0.15) is 0 Å². The molecule has 0 aliphatic rings. The van der Waals surface area contributed by atoms with Crippen LogP contribution in [-0.4, -0.2) is 5.97 Å². The van der Waals surface area contributed by atoms with Crippen molar-refractivity contribution in [2.75, 3.05) is 0 Å². The van der Waals surface area contributed by atoms with Crippen LogP contribution in [-0.2, 0) is 15.1 Å². The molecule has 1 atom stereocenters. The molecule has 2 heteroatoms. The molecule has 0 bridgehead atoms. The Labute approximate surface area is 178 Å². The summed E-state index contributed by atoms with van der Waals surface area (Å²) in [4.78, 5) is 12.0. The van der Waals surface area contributed by atoms with E-state index in [1.165, 1.54) is 12.5 Å². The highest BCUT2D eigenvalue weighted by Gasteiger charge is 2.33.